The SMILES string of the molecule is O=C(Nc1ccccc1Br)c1ccc(OCCc2ccccc2)cc1. The molecule has 1 amide bonds. The Bertz CT molecular complexity index is 832. The summed E-state index contributed by atoms with van der Waals surface area (Å²) in [7, 11) is 0. The number of benzene rings is 3. The monoisotopic (exact) mass is 395 g/mol. The van der Waals surface area contributed by atoms with Crippen molar-refractivity contribution in [1.29, 1.82) is 0 Å². The number of hydrogen-bond acceptors (Lipinski definition) is 2. The van der Waals surface area contributed by atoms with Crippen molar-refractivity contribution >= 4 is 27.5 Å². The maximum atomic E-state index is 12.3. The van der Waals surface area contributed by atoms with Gasteiger partial charge in [-0.05, 0) is 57.9 Å². The number of carbonyl (C=O) groups excluding carboxylic acids is 1. The van der Waals surface area contributed by atoms with Crippen LogP contribution in [0.4, 0.5) is 5.69 Å². The second kappa shape index (κ2) is 8.49. The second-order valence-electron chi connectivity index (χ2n) is 5.54. The van der Waals surface area contributed by atoms with Gasteiger partial charge in [-0.2, -0.15) is 0 Å². The maximum Gasteiger partial charge on any atom is 0.255 e. The van der Waals surface area contributed by atoms with E-state index in [0.29, 0.717) is 12.2 Å². The molecule has 0 saturated heterocycles. The first-order valence-corrected chi connectivity index (χ1v) is 8.84. The van der Waals surface area contributed by atoms with Gasteiger partial charge in [0.2, 0.25) is 0 Å². The van der Waals surface area contributed by atoms with Crippen molar-refractivity contribution in [2.45, 2.75) is 6.42 Å². The molecule has 0 heterocycles. The van der Waals surface area contributed by atoms with Gasteiger partial charge in [-0.3, -0.25) is 4.79 Å². The average molecular weight is 396 g/mol. The molecule has 1 N–H and O–H groups in total. The Hall–Kier alpha value is -2.59. The summed E-state index contributed by atoms with van der Waals surface area (Å²) in [6.07, 6.45) is 0.852. The van der Waals surface area contributed by atoms with Gasteiger partial charge in [0.1, 0.15) is 5.75 Å². The van der Waals surface area contributed by atoms with E-state index in [2.05, 4.69) is 33.4 Å². The predicted molar refractivity (Wildman–Crippen MR) is 104 cm³/mol. The Kier molecular flexibility index (Phi) is 5.86. The summed E-state index contributed by atoms with van der Waals surface area (Å²) >= 11 is 3.42. The van der Waals surface area contributed by atoms with Crippen LogP contribution in [0.15, 0.2) is 83.3 Å². The quantitative estimate of drug-likeness (QED) is 0.612. The number of carbonyl (C=O) groups is 1. The molecule has 0 fully saturated rings. The third-order valence-electron chi connectivity index (χ3n) is 3.74. The largest absolute Gasteiger partial charge is 0.493 e. The lowest BCUT2D eigenvalue weighted by molar-refractivity contribution is 0.102. The van der Waals surface area contributed by atoms with E-state index >= 15 is 0 Å². The molecular weight excluding hydrogens is 378 g/mol. The first kappa shape index (κ1) is 17.2. The van der Waals surface area contributed by atoms with Crippen molar-refractivity contribution in [2.24, 2.45) is 0 Å². The van der Waals surface area contributed by atoms with Gasteiger partial charge in [-0.25, -0.2) is 0 Å². The average Bonchev–Trinajstić information content (AvgIpc) is 2.65. The molecule has 3 nitrogen and oxygen atoms in total. The van der Waals surface area contributed by atoms with E-state index in [1.807, 2.05) is 54.6 Å². The third kappa shape index (κ3) is 4.94. The highest BCUT2D eigenvalue weighted by molar-refractivity contribution is 9.10. The van der Waals surface area contributed by atoms with Crippen molar-refractivity contribution in [3.8, 4) is 5.75 Å². The van der Waals surface area contributed by atoms with Gasteiger partial charge in [0, 0.05) is 16.5 Å². The fraction of sp³-hybridized carbons (Fsp3) is 0.0952. The highest BCUT2D eigenvalue weighted by atomic mass is 79.9. The summed E-state index contributed by atoms with van der Waals surface area (Å²) in [5.41, 5.74) is 2.58. The minimum atomic E-state index is -0.150. The van der Waals surface area contributed by atoms with Crippen molar-refractivity contribution < 1.29 is 9.53 Å². The standard InChI is InChI=1S/C21H18BrNO2/c22-19-8-4-5-9-20(19)23-21(24)17-10-12-18(13-11-17)25-15-14-16-6-2-1-3-7-16/h1-13H,14-15H2,(H,23,24). The fourth-order valence-electron chi connectivity index (χ4n) is 2.39. The number of amides is 1. The summed E-state index contributed by atoms with van der Waals surface area (Å²) in [6.45, 7) is 0.604. The molecule has 0 spiro atoms. The van der Waals surface area contributed by atoms with E-state index in [1.165, 1.54) is 5.56 Å². The van der Waals surface area contributed by atoms with Gasteiger partial charge < -0.3 is 10.1 Å². The minimum absolute atomic E-state index is 0.150. The lowest BCUT2D eigenvalue weighted by Gasteiger charge is -2.09. The zero-order valence-corrected chi connectivity index (χ0v) is 15.2. The number of hydrogen-bond donors (Lipinski definition) is 1. The zero-order valence-electron chi connectivity index (χ0n) is 13.6. The normalized spacial score (nSPS) is 10.3. The van der Waals surface area contributed by atoms with Crippen LogP contribution in [-0.4, -0.2) is 12.5 Å². The van der Waals surface area contributed by atoms with Crippen LogP contribution in [0.5, 0.6) is 5.75 Å². The summed E-state index contributed by atoms with van der Waals surface area (Å²) < 4.78 is 6.59. The molecule has 0 radical (unpaired) electrons. The van der Waals surface area contributed by atoms with Crippen LogP contribution in [0.3, 0.4) is 0 Å². The number of rotatable bonds is 6. The van der Waals surface area contributed by atoms with E-state index in [1.54, 1.807) is 12.1 Å². The van der Waals surface area contributed by atoms with Crippen LogP contribution in [0, 0.1) is 0 Å². The molecule has 25 heavy (non-hydrogen) atoms. The fourth-order valence-corrected chi connectivity index (χ4v) is 2.77. The van der Waals surface area contributed by atoms with Gasteiger partial charge in [0.15, 0.2) is 0 Å². The highest BCUT2D eigenvalue weighted by Gasteiger charge is 2.08. The minimum Gasteiger partial charge on any atom is -0.493 e. The molecule has 0 saturated carbocycles. The Labute approximate surface area is 155 Å². The molecule has 0 aliphatic carbocycles. The summed E-state index contributed by atoms with van der Waals surface area (Å²) in [6, 6.07) is 24.9. The van der Waals surface area contributed by atoms with Gasteiger partial charge in [-0.15, -0.1) is 0 Å². The van der Waals surface area contributed by atoms with Crippen molar-refractivity contribution in [3.63, 3.8) is 0 Å². The lowest BCUT2D eigenvalue weighted by atomic mass is 10.2. The van der Waals surface area contributed by atoms with E-state index < -0.39 is 0 Å². The summed E-state index contributed by atoms with van der Waals surface area (Å²) in [5, 5.41) is 2.88. The maximum absolute atomic E-state index is 12.3. The molecule has 3 rings (SSSR count). The van der Waals surface area contributed by atoms with Crippen LogP contribution >= 0.6 is 15.9 Å². The van der Waals surface area contributed by atoms with E-state index in [9.17, 15) is 4.79 Å². The first-order valence-electron chi connectivity index (χ1n) is 8.05. The zero-order chi connectivity index (χ0) is 17.5. The number of nitrogens with one attached hydrogen (secondary N) is 1. The molecule has 4 heteroatoms. The lowest BCUT2D eigenvalue weighted by Crippen LogP contribution is -2.12. The smallest absolute Gasteiger partial charge is 0.255 e. The van der Waals surface area contributed by atoms with E-state index in [-0.39, 0.29) is 5.91 Å². The highest BCUT2D eigenvalue weighted by Crippen LogP contribution is 2.22. The van der Waals surface area contributed by atoms with Gasteiger partial charge in [-0.1, -0.05) is 42.5 Å². The van der Waals surface area contributed by atoms with Gasteiger partial charge in [0.25, 0.3) is 5.91 Å². The van der Waals surface area contributed by atoms with E-state index in [0.717, 1.165) is 22.3 Å². The van der Waals surface area contributed by atoms with Crippen molar-refractivity contribution in [2.75, 3.05) is 11.9 Å². The molecule has 0 unspecified atom stereocenters. The number of anilines is 1. The number of para-hydroxylation sites is 1. The Morgan fingerprint density at radius 3 is 2.28 bits per heavy atom. The van der Waals surface area contributed by atoms with E-state index in [4.69, 9.17) is 4.74 Å². The third-order valence-corrected chi connectivity index (χ3v) is 4.43. The van der Waals surface area contributed by atoms with Crippen molar-refractivity contribution in [1.82, 2.24) is 0 Å². The Balaban J connectivity index is 1.54. The number of halogens is 1. The molecule has 0 aliphatic rings. The molecule has 3 aromatic carbocycles. The summed E-state index contributed by atoms with van der Waals surface area (Å²) in [4.78, 5) is 12.3. The molecule has 0 atom stereocenters. The second-order valence-corrected chi connectivity index (χ2v) is 6.40. The molecular formula is C21H18BrNO2. The van der Waals surface area contributed by atoms with Crippen LogP contribution in [0.2, 0.25) is 0 Å². The summed E-state index contributed by atoms with van der Waals surface area (Å²) in [5.74, 6) is 0.608. The molecule has 0 bridgehead atoms. The van der Waals surface area contributed by atoms with Gasteiger partial charge >= 0.3 is 0 Å². The molecule has 0 aromatic heterocycles. The topological polar surface area (TPSA) is 38.3 Å². The van der Waals surface area contributed by atoms with Gasteiger partial charge in [0.05, 0.1) is 12.3 Å². The predicted octanol–water partition coefficient (Wildman–Crippen LogP) is 5.32. The van der Waals surface area contributed by atoms with Crippen LogP contribution in [-0.2, 0) is 6.42 Å². The van der Waals surface area contributed by atoms with Crippen molar-refractivity contribution in [3.05, 3.63) is 94.5 Å². The Morgan fingerprint density at radius 1 is 0.880 bits per heavy atom. The number of ether oxygens (including phenoxy) is 1. The molecule has 3 aromatic rings. The first-order chi connectivity index (χ1) is 12.2. The Morgan fingerprint density at radius 2 is 1.56 bits per heavy atom. The molecule has 126 valence electrons. The molecule has 0 aliphatic heterocycles. The van der Waals surface area contributed by atoms with Crippen LogP contribution in [0.25, 0.3) is 0 Å². The van der Waals surface area contributed by atoms with Crippen LogP contribution < -0.4 is 10.1 Å². The van der Waals surface area contributed by atoms with Crippen LogP contribution in [0.1, 0.15) is 15.9 Å².